The zero-order chi connectivity index (χ0) is 19.7. The van der Waals surface area contributed by atoms with E-state index in [0.717, 1.165) is 25.1 Å². The lowest BCUT2D eigenvalue weighted by Gasteiger charge is -2.35. The summed E-state index contributed by atoms with van der Waals surface area (Å²) in [5.41, 5.74) is -0.483. The van der Waals surface area contributed by atoms with Crippen LogP contribution in [-0.4, -0.2) is 66.9 Å². The number of amides is 1. The van der Waals surface area contributed by atoms with Crippen LogP contribution in [-0.2, 0) is 4.74 Å². The van der Waals surface area contributed by atoms with Gasteiger partial charge in [-0.25, -0.2) is 4.79 Å². The summed E-state index contributed by atoms with van der Waals surface area (Å²) in [7, 11) is 1.73. The number of nitrogens with zero attached hydrogens (tertiary/aromatic N) is 3. The van der Waals surface area contributed by atoms with E-state index in [2.05, 4.69) is 20.6 Å². The maximum atomic E-state index is 12.3. The Morgan fingerprint density at radius 3 is 2.86 bits per heavy atom. The molecule has 8 nitrogen and oxygen atoms in total. The van der Waals surface area contributed by atoms with Gasteiger partial charge in [-0.15, -0.1) is 24.0 Å². The van der Waals surface area contributed by atoms with E-state index in [1.54, 1.807) is 24.3 Å². The average Bonchev–Trinajstić information content (AvgIpc) is 2.64. The predicted molar refractivity (Wildman–Crippen MR) is 120 cm³/mol. The first-order valence-electron chi connectivity index (χ1n) is 9.35. The Kier molecular flexibility index (Phi) is 10.3. The molecule has 1 atom stereocenters. The van der Waals surface area contributed by atoms with Crippen molar-refractivity contribution >= 4 is 36.0 Å². The van der Waals surface area contributed by atoms with Gasteiger partial charge in [-0.05, 0) is 45.7 Å². The van der Waals surface area contributed by atoms with Crippen LogP contribution in [0.5, 0.6) is 5.75 Å². The van der Waals surface area contributed by atoms with E-state index in [9.17, 15) is 4.79 Å². The van der Waals surface area contributed by atoms with Crippen LogP contribution in [0.25, 0.3) is 0 Å². The van der Waals surface area contributed by atoms with Crippen molar-refractivity contribution in [1.29, 1.82) is 0 Å². The first-order chi connectivity index (χ1) is 12.9. The average molecular weight is 505 g/mol. The third-order valence-corrected chi connectivity index (χ3v) is 3.94. The summed E-state index contributed by atoms with van der Waals surface area (Å²) in [6.45, 7) is 8.07. The van der Waals surface area contributed by atoms with Gasteiger partial charge in [0.05, 0.1) is 12.7 Å². The summed E-state index contributed by atoms with van der Waals surface area (Å²) < 4.78 is 11.1. The van der Waals surface area contributed by atoms with E-state index < -0.39 is 5.60 Å². The molecule has 1 unspecified atom stereocenters. The van der Waals surface area contributed by atoms with Crippen LogP contribution in [0, 0.1) is 0 Å². The monoisotopic (exact) mass is 505 g/mol. The van der Waals surface area contributed by atoms with Crippen molar-refractivity contribution in [2.24, 2.45) is 4.99 Å². The minimum atomic E-state index is -0.483. The first-order valence-corrected chi connectivity index (χ1v) is 9.35. The number of nitrogens with one attached hydrogen (secondary N) is 2. The van der Waals surface area contributed by atoms with E-state index in [1.165, 1.54) is 0 Å². The molecule has 0 radical (unpaired) electrons. The molecule has 0 saturated carbocycles. The number of pyridine rings is 1. The third-order valence-electron chi connectivity index (χ3n) is 3.94. The fraction of sp³-hybridized carbons (Fsp3) is 0.632. The highest BCUT2D eigenvalue weighted by Crippen LogP contribution is 2.15. The summed E-state index contributed by atoms with van der Waals surface area (Å²) in [6.07, 6.45) is 5.04. The van der Waals surface area contributed by atoms with Crippen molar-refractivity contribution in [3.05, 3.63) is 24.5 Å². The highest BCUT2D eigenvalue weighted by molar-refractivity contribution is 14.0. The van der Waals surface area contributed by atoms with Crippen molar-refractivity contribution in [1.82, 2.24) is 20.5 Å². The first kappa shape index (κ1) is 24.3. The molecule has 0 aliphatic carbocycles. The molecule has 1 aromatic heterocycles. The summed E-state index contributed by atoms with van der Waals surface area (Å²) in [4.78, 5) is 22.3. The van der Waals surface area contributed by atoms with Crippen molar-refractivity contribution in [3.63, 3.8) is 0 Å². The van der Waals surface area contributed by atoms with Gasteiger partial charge in [-0.3, -0.25) is 9.98 Å². The van der Waals surface area contributed by atoms with Gasteiger partial charge in [-0.1, -0.05) is 0 Å². The van der Waals surface area contributed by atoms with Crippen LogP contribution in [0.1, 0.15) is 33.6 Å². The molecule has 1 saturated heterocycles. The van der Waals surface area contributed by atoms with Crippen LogP contribution >= 0.6 is 24.0 Å². The van der Waals surface area contributed by atoms with Crippen molar-refractivity contribution in [2.45, 2.75) is 45.3 Å². The zero-order valence-corrected chi connectivity index (χ0v) is 19.4. The van der Waals surface area contributed by atoms with Gasteiger partial charge in [0.15, 0.2) is 5.96 Å². The molecular weight excluding hydrogens is 473 g/mol. The smallest absolute Gasteiger partial charge is 0.410 e. The van der Waals surface area contributed by atoms with E-state index >= 15 is 0 Å². The number of guanidine groups is 1. The van der Waals surface area contributed by atoms with E-state index in [4.69, 9.17) is 9.47 Å². The number of hydrogen-bond donors (Lipinski definition) is 2. The molecule has 1 aromatic rings. The van der Waals surface area contributed by atoms with Gasteiger partial charge >= 0.3 is 6.09 Å². The molecule has 0 spiro atoms. The highest BCUT2D eigenvalue weighted by Gasteiger charge is 2.27. The number of piperidine rings is 1. The highest BCUT2D eigenvalue weighted by atomic mass is 127. The van der Waals surface area contributed by atoms with Gasteiger partial charge in [0.25, 0.3) is 0 Å². The molecule has 1 aliphatic rings. The number of rotatable bonds is 5. The summed E-state index contributed by atoms with van der Waals surface area (Å²) in [5.74, 6) is 1.43. The van der Waals surface area contributed by atoms with Gasteiger partial charge in [0.1, 0.15) is 18.0 Å². The number of halogens is 1. The van der Waals surface area contributed by atoms with Crippen LogP contribution in [0.2, 0.25) is 0 Å². The molecule has 1 fully saturated rings. The Morgan fingerprint density at radius 2 is 2.21 bits per heavy atom. The lowest BCUT2D eigenvalue weighted by molar-refractivity contribution is 0.0193. The number of likely N-dealkylation sites (tertiary alicyclic amines) is 1. The topological polar surface area (TPSA) is 88.1 Å². The number of carbonyl (C=O) groups excluding carboxylic acids is 1. The fourth-order valence-electron chi connectivity index (χ4n) is 2.75. The normalized spacial score (nSPS) is 17.4. The van der Waals surface area contributed by atoms with Crippen LogP contribution in [0.3, 0.4) is 0 Å². The molecule has 2 rings (SSSR count). The lowest BCUT2D eigenvalue weighted by Crippen LogP contribution is -2.53. The summed E-state index contributed by atoms with van der Waals surface area (Å²) in [5, 5.41) is 6.60. The third kappa shape index (κ3) is 8.94. The number of carbonyl (C=O) groups is 1. The second-order valence-corrected chi connectivity index (χ2v) is 7.45. The maximum absolute atomic E-state index is 12.3. The Morgan fingerprint density at radius 1 is 1.43 bits per heavy atom. The van der Waals surface area contributed by atoms with E-state index in [1.807, 2.05) is 32.9 Å². The number of aromatic nitrogens is 1. The molecular formula is C19H32IN5O3. The fourth-order valence-corrected chi connectivity index (χ4v) is 2.75. The maximum Gasteiger partial charge on any atom is 0.410 e. The van der Waals surface area contributed by atoms with E-state index in [0.29, 0.717) is 25.7 Å². The SMILES string of the molecule is CN=C(NCCOc1cccnc1)NC1CCCN(C(=O)OC(C)(C)C)C1.I. The van der Waals surface area contributed by atoms with Crippen LogP contribution in [0.4, 0.5) is 4.79 Å². The molecule has 0 bridgehead atoms. The standard InChI is InChI=1S/C19H31N5O3.HI/c1-19(2,3)27-18(25)24-11-6-7-15(14-24)23-17(20-4)22-10-12-26-16-8-5-9-21-13-16;/h5,8-9,13,15H,6-7,10-12,14H2,1-4H3,(H2,20,22,23);1H. The molecule has 28 heavy (non-hydrogen) atoms. The minimum Gasteiger partial charge on any atom is -0.490 e. The van der Waals surface area contributed by atoms with Gasteiger partial charge < -0.3 is 25.0 Å². The second-order valence-electron chi connectivity index (χ2n) is 7.45. The lowest BCUT2D eigenvalue weighted by atomic mass is 10.1. The van der Waals surface area contributed by atoms with Crippen LogP contribution < -0.4 is 15.4 Å². The van der Waals surface area contributed by atoms with Gasteiger partial charge in [-0.2, -0.15) is 0 Å². The minimum absolute atomic E-state index is 0. The summed E-state index contributed by atoms with van der Waals surface area (Å²) >= 11 is 0. The Hall–Kier alpha value is -1.78. The van der Waals surface area contributed by atoms with Crippen LogP contribution in [0.15, 0.2) is 29.5 Å². The molecule has 9 heteroatoms. The van der Waals surface area contributed by atoms with Crippen molar-refractivity contribution in [2.75, 3.05) is 33.3 Å². The van der Waals surface area contributed by atoms with Gasteiger partial charge in [0.2, 0.25) is 0 Å². The number of hydrogen-bond acceptors (Lipinski definition) is 5. The van der Waals surface area contributed by atoms with E-state index in [-0.39, 0.29) is 36.1 Å². The van der Waals surface area contributed by atoms with Crippen molar-refractivity contribution < 1.29 is 14.3 Å². The molecule has 1 aliphatic heterocycles. The predicted octanol–water partition coefficient (Wildman–Crippen LogP) is 2.64. The zero-order valence-electron chi connectivity index (χ0n) is 17.1. The molecule has 1 amide bonds. The molecule has 0 aromatic carbocycles. The van der Waals surface area contributed by atoms with Crippen molar-refractivity contribution in [3.8, 4) is 5.75 Å². The van der Waals surface area contributed by atoms with Gasteiger partial charge in [0, 0.05) is 32.4 Å². The largest absolute Gasteiger partial charge is 0.490 e. The Bertz CT molecular complexity index is 622. The quantitative estimate of drug-likeness (QED) is 0.277. The second kappa shape index (κ2) is 11.9. The Balaban J connectivity index is 0.00000392. The molecule has 2 N–H and O–H groups in total. The Labute approximate surface area is 184 Å². The molecule has 158 valence electrons. The summed E-state index contributed by atoms with van der Waals surface area (Å²) in [6, 6.07) is 3.84. The molecule has 2 heterocycles. The number of ether oxygens (including phenoxy) is 2. The number of aliphatic imine (C=N–C) groups is 1.